The average Bonchev–Trinajstić information content (AvgIpc) is 2.64. The molecule has 1 aliphatic rings. The third-order valence-electron chi connectivity index (χ3n) is 4.62. The van der Waals surface area contributed by atoms with Gasteiger partial charge in [0.1, 0.15) is 0 Å². The lowest BCUT2D eigenvalue weighted by molar-refractivity contribution is 0.0963. The molecule has 1 aliphatic heterocycles. The van der Waals surface area contributed by atoms with Gasteiger partial charge in [-0.3, -0.25) is 4.79 Å². The zero-order valence-corrected chi connectivity index (χ0v) is 16.3. The van der Waals surface area contributed by atoms with Gasteiger partial charge < -0.3 is 25.2 Å². The molecule has 0 aliphatic carbocycles. The number of anilines is 1. The second-order valence-electron chi connectivity index (χ2n) is 6.42. The number of amides is 3. The van der Waals surface area contributed by atoms with Crippen molar-refractivity contribution in [1.82, 2.24) is 15.1 Å². The van der Waals surface area contributed by atoms with Gasteiger partial charge in [0, 0.05) is 32.3 Å². The maximum atomic E-state index is 12.9. The first-order valence-electron chi connectivity index (χ1n) is 8.73. The third kappa shape index (κ3) is 5.33. The van der Waals surface area contributed by atoms with E-state index < -0.39 is 0 Å². The van der Waals surface area contributed by atoms with E-state index in [-0.39, 0.29) is 18.0 Å². The van der Waals surface area contributed by atoms with Gasteiger partial charge in [0.25, 0.3) is 5.91 Å². The third-order valence-corrected chi connectivity index (χ3v) is 4.95. The van der Waals surface area contributed by atoms with Gasteiger partial charge >= 0.3 is 6.03 Å². The number of carbonyl (C=O) groups is 2. The van der Waals surface area contributed by atoms with E-state index in [4.69, 9.17) is 16.3 Å². The lowest BCUT2D eigenvalue weighted by atomic mass is 10.0. The zero-order valence-electron chi connectivity index (χ0n) is 15.5. The van der Waals surface area contributed by atoms with Gasteiger partial charge in [-0.15, -0.1) is 0 Å². The van der Waals surface area contributed by atoms with Crippen LogP contribution in [-0.2, 0) is 4.74 Å². The SMILES string of the molecule is CNC(=O)c1ccc(Cl)c(NC(=O)N(CCOC)C2CCN(C)CC2)c1. The van der Waals surface area contributed by atoms with E-state index in [1.165, 1.54) is 0 Å². The lowest BCUT2D eigenvalue weighted by Gasteiger charge is -2.37. The number of rotatable bonds is 6. The van der Waals surface area contributed by atoms with Crippen molar-refractivity contribution < 1.29 is 14.3 Å². The van der Waals surface area contributed by atoms with E-state index in [0.29, 0.717) is 29.4 Å². The molecule has 2 N–H and O–H groups in total. The molecular weight excluding hydrogens is 356 g/mol. The van der Waals surface area contributed by atoms with Gasteiger partial charge in [-0.1, -0.05) is 11.6 Å². The highest BCUT2D eigenvalue weighted by Gasteiger charge is 2.27. The summed E-state index contributed by atoms with van der Waals surface area (Å²) >= 11 is 6.21. The van der Waals surface area contributed by atoms with Crippen LogP contribution in [0.4, 0.5) is 10.5 Å². The van der Waals surface area contributed by atoms with Gasteiger partial charge in [0.15, 0.2) is 0 Å². The van der Waals surface area contributed by atoms with E-state index in [9.17, 15) is 9.59 Å². The van der Waals surface area contributed by atoms with Crippen LogP contribution in [0, 0.1) is 0 Å². The van der Waals surface area contributed by atoms with Crippen LogP contribution in [0.25, 0.3) is 0 Å². The minimum Gasteiger partial charge on any atom is -0.383 e. The maximum Gasteiger partial charge on any atom is 0.322 e. The molecule has 0 spiro atoms. The standard InChI is InChI=1S/C18H27ClN4O3/c1-20-17(24)13-4-5-15(19)16(12-13)21-18(25)23(10-11-26-3)14-6-8-22(2)9-7-14/h4-5,12,14H,6-11H2,1-3H3,(H,20,24)(H,21,25). The number of hydrogen-bond acceptors (Lipinski definition) is 4. The molecule has 3 amide bonds. The number of methoxy groups -OCH3 is 1. The topological polar surface area (TPSA) is 73.9 Å². The summed E-state index contributed by atoms with van der Waals surface area (Å²) in [6, 6.07) is 4.74. The summed E-state index contributed by atoms with van der Waals surface area (Å²) in [6.07, 6.45) is 1.83. The summed E-state index contributed by atoms with van der Waals surface area (Å²) in [4.78, 5) is 28.8. The van der Waals surface area contributed by atoms with Gasteiger partial charge in [-0.05, 0) is 51.2 Å². The summed E-state index contributed by atoms with van der Waals surface area (Å²) in [5, 5.41) is 5.80. The van der Waals surface area contributed by atoms with Crippen molar-refractivity contribution in [1.29, 1.82) is 0 Å². The Morgan fingerprint density at radius 3 is 2.65 bits per heavy atom. The van der Waals surface area contributed by atoms with Gasteiger partial charge in [-0.2, -0.15) is 0 Å². The molecule has 2 rings (SSSR count). The summed E-state index contributed by atoms with van der Waals surface area (Å²) in [6.45, 7) is 2.87. The Labute approximate surface area is 159 Å². The Balaban J connectivity index is 2.14. The van der Waals surface area contributed by atoms with Crippen molar-refractivity contribution >= 4 is 29.2 Å². The van der Waals surface area contributed by atoms with E-state index >= 15 is 0 Å². The first kappa shape index (κ1) is 20.5. The maximum absolute atomic E-state index is 12.9. The van der Waals surface area contributed by atoms with Crippen molar-refractivity contribution in [3.63, 3.8) is 0 Å². The molecule has 8 heteroatoms. The molecule has 1 aromatic rings. The number of ether oxygens (including phenoxy) is 1. The number of halogens is 1. The molecule has 1 aromatic carbocycles. The predicted molar refractivity (Wildman–Crippen MR) is 103 cm³/mol. The highest BCUT2D eigenvalue weighted by molar-refractivity contribution is 6.33. The first-order chi connectivity index (χ1) is 12.5. The van der Waals surface area contributed by atoms with Crippen molar-refractivity contribution in [2.24, 2.45) is 0 Å². The zero-order chi connectivity index (χ0) is 19.1. The van der Waals surface area contributed by atoms with Crippen LogP contribution in [0.3, 0.4) is 0 Å². The predicted octanol–water partition coefficient (Wildman–Crippen LogP) is 2.27. The Hall–Kier alpha value is -1.83. The number of carbonyl (C=O) groups excluding carboxylic acids is 2. The van der Waals surface area contributed by atoms with Crippen LogP contribution in [0.15, 0.2) is 18.2 Å². The second kappa shape index (κ2) is 9.75. The largest absolute Gasteiger partial charge is 0.383 e. The quantitative estimate of drug-likeness (QED) is 0.791. The lowest BCUT2D eigenvalue weighted by Crippen LogP contribution is -2.49. The van der Waals surface area contributed by atoms with Crippen LogP contribution in [0.5, 0.6) is 0 Å². The van der Waals surface area contributed by atoms with Crippen molar-refractivity contribution in [3.05, 3.63) is 28.8 Å². The van der Waals surface area contributed by atoms with Crippen LogP contribution >= 0.6 is 11.6 Å². The molecular formula is C18H27ClN4O3. The average molecular weight is 383 g/mol. The highest BCUT2D eigenvalue weighted by atomic mass is 35.5. The molecule has 1 fully saturated rings. The highest BCUT2D eigenvalue weighted by Crippen LogP contribution is 2.24. The summed E-state index contributed by atoms with van der Waals surface area (Å²) < 4.78 is 5.16. The Bertz CT molecular complexity index is 633. The minimum absolute atomic E-state index is 0.155. The molecule has 1 saturated heterocycles. The van der Waals surface area contributed by atoms with Crippen LogP contribution in [0.1, 0.15) is 23.2 Å². The second-order valence-corrected chi connectivity index (χ2v) is 6.83. The van der Waals surface area contributed by atoms with Crippen LogP contribution in [-0.4, -0.2) is 75.2 Å². The van der Waals surface area contributed by atoms with Crippen LogP contribution < -0.4 is 10.6 Å². The molecule has 144 valence electrons. The Kier molecular flexibility index (Phi) is 7.68. The number of urea groups is 1. The fraction of sp³-hybridized carbons (Fsp3) is 0.556. The molecule has 0 atom stereocenters. The number of benzene rings is 1. The van der Waals surface area contributed by atoms with Crippen molar-refractivity contribution in [2.45, 2.75) is 18.9 Å². The van der Waals surface area contributed by atoms with E-state index in [2.05, 4.69) is 22.6 Å². The summed E-state index contributed by atoms with van der Waals surface area (Å²) in [7, 11) is 5.26. The number of nitrogens with one attached hydrogen (secondary N) is 2. The molecule has 0 bridgehead atoms. The summed E-state index contributed by atoms with van der Waals surface area (Å²) in [5.41, 5.74) is 0.864. The first-order valence-corrected chi connectivity index (χ1v) is 9.10. The normalized spacial score (nSPS) is 15.5. The Morgan fingerprint density at radius 1 is 1.35 bits per heavy atom. The molecule has 0 unspecified atom stereocenters. The van der Waals surface area contributed by atoms with E-state index in [1.54, 1.807) is 37.3 Å². The molecule has 26 heavy (non-hydrogen) atoms. The number of likely N-dealkylation sites (tertiary alicyclic amines) is 1. The molecule has 0 radical (unpaired) electrons. The Morgan fingerprint density at radius 2 is 2.04 bits per heavy atom. The van der Waals surface area contributed by atoms with Crippen LogP contribution in [0.2, 0.25) is 5.02 Å². The smallest absolute Gasteiger partial charge is 0.322 e. The monoisotopic (exact) mass is 382 g/mol. The van der Waals surface area contributed by atoms with Crippen molar-refractivity contribution in [3.8, 4) is 0 Å². The van der Waals surface area contributed by atoms with Gasteiger partial charge in [0.05, 0.1) is 17.3 Å². The fourth-order valence-electron chi connectivity index (χ4n) is 3.04. The summed E-state index contributed by atoms with van der Waals surface area (Å²) in [5.74, 6) is -0.233. The van der Waals surface area contributed by atoms with Gasteiger partial charge in [-0.25, -0.2) is 4.79 Å². The molecule has 0 saturated carbocycles. The molecule has 0 aromatic heterocycles. The number of hydrogen-bond donors (Lipinski definition) is 2. The van der Waals surface area contributed by atoms with E-state index in [1.807, 2.05) is 0 Å². The molecule has 1 heterocycles. The fourth-order valence-corrected chi connectivity index (χ4v) is 3.20. The number of nitrogens with zero attached hydrogens (tertiary/aromatic N) is 2. The molecule has 7 nitrogen and oxygen atoms in total. The minimum atomic E-state index is -0.233. The van der Waals surface area contributed by atoms with Crippen molar-refractivity contribution in [2.75, 3.05) is 52.8 Å². The van der Waals surface area contributed by atoms with Gasteiger partial charge in [0.2, 0.25) is 0 Å². The van der Waals surface area contributed by atoms with E-state index in [0.717, 1.165) is 25.9 Å². The number of piperidine rings is 1.